The van der Waals surface area contributed by atoms with Crippen LogP contribution >= 0.6 is 0 Å². The van der Waals surface area contributed by atoms with Crippen LogP contribution < -0.4 is 9.47 Å². The zero-order valence-electron chi connectivity index (χ0n) is 15.1. The number of para-hydroxylation sites is 2. The number of esters is 1. The lowest BCUT2D eigenvalue weighted by Crippen LogP contribution is -2.23. The number of rotatable bonds is 5. The maximum absolute atomic E-state index is 12.9. The molecule has 0 atom stereocenters. The van der Waals surface area contributed by atoms with Gasteiger partial charge in [-0.2, -0.15) is 0 Å². The first-order chi connectivity index (χ1) is 13.2. The Balaban J connectivity index is 1.45. The van der Waals surface area contributed by atoms with Crippen LogP contribution in [0, 0.1) is 6.92 Å². The topological polar surface area (TPSA) is 44.8 Å². The van der Waals surface area contributed by atoms with Gasteiger partial charge in [-0.3, -0.25) is 4.79 Å². The van der Waals surface area contributed by atoms with E-state index in [1.165, 1.54) is 0 Å². The molecule has 0 N–H and O–H groups in total. The van der Waals surface area contributed by atoms with Crippen molar-refractivity contribution < 1.29 is 19.0 Å². The Labute approximate surface area is 158 Å². The average molecular weight is 360 g/mol. The summed E-state index contributed by atoms with van der Waals surface area (Å²) in [7, 11) is 0. The molecule has 27 heavy (non-hydrogen) atoms. The Morgan fingerprint density at radius 1 is 0.889 bits per heavy atom. The molecule has 1 aliphatic heterocycles. The fourth-order valence-corrected chi connectivity index (χ4v) is 3.25. The number of hydrogen-bond acceptors (Lipinski definition) is 4. The standard InChI is InChI=1S/C23H20O4/c1-16-7-6-8-17(15-16)25-13-14-26-23(24)22-18-9-2-4-11-20(18)27-21-12-5-3-10-19(21)22/h2-12,15,22H,13-14H2,1H3. The summed E-state index contributed by atoms with van der Waals surface area (Å²) in [6.45, 7) is 2.50. The third-order valence-electron chi connectivity index (χ3n) is 4.50. The highest BCUT2D eigenvalue weighted by Crippen LogP contribution is 2.44. The minimum atomic E-state index is -0.495. The monoisotopic (exact) mass is 360 g/mol. The number of fused-ring (bicyclic) bond motifs is 2. The molecule has 0 aliphatic carbocycles. The van der Waals surface area contributed by atoms with Crippen LogP contribution in [0.3, 0.4) is 0 Å². The van der Waals surface area contributed by atoms with Crippen molar-refractivity contribution >= 4 is 5.97 Å². The van der Waals surface area contributed by atoms with Gasteiger partial charge in [0.25, 0.3) is 0 Å². The van der Waals surface area contributed by atoms with E-state index in [1.54, 1.807) is 0 Å². The maximum atomic E-state index is 12.9. The summed E-state index contributed by atoms with van der Waals surface area (Å²) >= 11 is 0. The van der Waals surface area contributed by atoms with E-state index >= 15 is 0 Å². The second-order valence-corrected chi connectivity index (χ2v) is 6.44. The summed E-state index contributed by atoms with van der Waals surface area (Å²) in [5, 5.41) is 0. The van der Waals surface area contributed by atoms with Gasteiger partial charge in [-0.25, -0.2) is 0 Å². The summed E-state index contributed by atoms with van der Waals surface area (Å²) in [4.78, 5) is 12.9. The number of aryl methyl sites for hydroxylation is 1. The van der Waals surface area contributed by atoms with Gasteiger partial charge in [0.2, 0.25) is 0 Å². The molecule has 0 amide bonds. The Morgan fingerprint density at radius 3 is 2.22 bits per heavy atom. The third-order valence-corrected chi connectivity index (χ3v) is 4.50. The van der Waals surface area contributed by atoms with E-state index in [-0.39, 0.29) is 12.6 Å². The minimum Gasteiger partial charge on any atom is -0.490 e. The van der Waals surface area contributed by atoms with Crippen molar-refractivity contribution in [3.05, 3.63) is 89.5 Å². The average Bonchev–Trinajstić information content (AvgIpc) is 2.69. The van der Waals surface area contributed by atoms with E-state index in [0.29, 0.717) is 18.1 Å². The van der Waals surface area contributed by atoms with Gasteiger partial charge >= 0.3 is 5.97 Å². The second kappa shape index (κ2) is 7.54. The van der Waals surface area contributed by atoms with Crippen molar-refractivity contribution in [3.63, 3.8) is 0 Å². The molecule has 4 nitrogen and oxygen atoms in total. The van der Waals surface area contributed by atoms with E-state index in [1.807, 2.05) is 79.7 Å². The molecular weight excluding hydrogens is 340 g/mol. The Hall–Kier alpha value is -3.27. The zero-order valence-corrected chi connectivity index (χ0v) is 15.1. The highest BCUT2D eigenvalue weighted by molar-refractivity contribution is 5.85. The molecule has 4 rings (SSSR count). The van der Waals surface area contributed by atoms with Crippen LogP contribution in [0.5, 0.6) is 17.2 Å². The zero-order chi connectivity index (χ0) is 18.6. The van der Waals surface area contributed by atoms with Crippen LogP contribution in [-0.4, -0.2) is 19.2 Å². The fraction of sp³-hybridized carbons (Fsp3) is 0.174. The van der Waals surface area contributed by atoms with Crippen molar-refractivity contribution in [1.82, 2.24) is 0 Å². The molecule has 0 unspecified atom stereocenters. The summed E-state index contributed by atoms with van der Waals surface area (Å²) < 4.78 is 17.1. The second-order valence-electron chi connectivity index (χ2n) is 6.44. The predicted molar refractivity (Wildman–Crippen MR) is 102 cm³/mol. The van der Waals surface area contributed by atoms with Crippen LogP contribution in [-0.2, 0) is 9.53 Å². The molecule has 0 saturated heterocycles. The predicted octanol–water partition coefficient (Wildman–Crippen LogP) is 4.85. The highest BCUT2D eigenvalue weighted by Gasteiger charge is 2.33. The van der Waals surface area contributed by atoms with Crippen molar-refractivity contribution in [3.8, 4) is 17.2 Å². The van der Waals surface area contributed by atoms with Gasteiger partial charge in [-0.15, -0.1) is 0 Å². The van der Waals surface area contributed by atoms with E-state index in [9.17, 15) is 4.79 Å². The largest absolute Gasteiger partial charge is 0.490 e. The van der Waals surface area contributed by atoms with Crippen LogP contribution in [0.2, 0.25) is 0 Å². The molecule has 3 aromatic carbocycles. The number of carbonyl (C=O) groups is 1. The van der Waals surface area contributed by atoms with Crippen LogP contribution in [0.25, 0.3) is 0 Å². The molecule has 1 aliphatic rings. The normalized spacial score (nSPS) is 12.5. The Morgan fingerprint density at radius 2 is 1.56 bits per heavy atom. The highest BCUT2D eigenvalue weighted by atomic mass is 16.6. The minimum absolute atomic E-state index is 0.189. The van der Waals surface area contributed by atoms with Crippen molar-refractivity contribution in [2.75, 3.05) is 13.2 Å². The quantitative estimate of drug-likeness (QED) is 0.482. The number of carbonyl (C=O) groups excluding carboxylic acids is 1. The molecule has 0 aromatic heterocycles. The van der Waals surface area contributed by atoms with E-state index < -0.39 is 5.92 Å². The van der Waals surface area contributed by atoms with Crippen molar-refractivity contribution in [1.29, 1.82) is 0 Å². The lowest BCUT2D eigenvalue weighted by molar-refractivity contribution is -0.145. The molecule has 3 aromatic rings. The molecule has 4 heteroatoms. The van der Waals surface area contributed by atoms with Gasteiger partial charge < -0.3 is 14.2 Å². The lowest BCUT2D eigenvalue weighted by Gasteiger charge is -2.26. The first-order valence-electron chi connectivity index (χ1n) is 8.94. The molecule has 0 spiro atoms. The molecule has 0 radical (unpaired) electrons. The lowest BCUT2D eigenvalue weighted by atomic mass is 9.88. The van der Waals surface area contributed by atoms with Gasteiger partial charge in [0.1, 0.15) is 36.4 Å². The van der Waals surface area contributed by atoms with Gasteiger partial charge in [-0.05, 0) is 36.8 Å². The smallest absolute Gasteiger partial charge is 0.318 e. The summed E-state index contributed by atoms with van der Waals surface area (Å²) in [5.41, 5.74) is 2.77. The summed E-state index contributed by atoms with van der Waals surface area (Å²) in [6, 6.07) is 22.9. The van der Waals surface area contributed by atoms with Crippen molar-refractivity contribution in [2.24, 2.45) is 0 Å². The Kier molecular flexibility index (Phi) is 4.79. The number of ether oxygens (including phenoxy) is 3. The van der Waals surface area contributed by atoms with Crippen LogP contribution in [0.4, 0.5) is 0 Å². The molecule has 0 fully saturated rings. The van der Waals surface area contributed by atoms with Crippen LogP contribution in [0.1, 0.15) is 22.6 Å². The summed E-state index contributed by atoms with van der Waals surface area (Å²) in [5.74, 6) is 1.35. The van der Waals surface area contributed by atoms with E-state index in [2.05, 4.69) is 0 Å². The van der Waals surface area contributed by atoms with Gasteiger partial charge in [0.15, 0.2) is 0 Å². The van der Waals surface area contributed by atoms with E-state index in [0.717, 1.165) is 22.4 Å². The summed E-state index contributed by atoms with van der Waals surface area (Å²) in [6.07, 6.45) is 0. The van der Waals surface area contributed by atoms with Gasteiger partial charge in [-0.1, -0.05) is 48.5 Å². The molecular formula is C23H20O4. The molecule has 0 saturated carbocycles. The fourth-order valence-electron chi connectivity index (χ4n) is 3.25. The van der Waals surface area contributed by atoms with Gasteiger partial charge in [0.05, 0.1) is 0 Å². The molecule has 136 valence electrons. The van der Waals surface area contributed by atoms with E-state index in [4.69, 9.17) is 14.2 Å². The first-order valence-corrected chi connectivity index (χ1v) is 8.94. The number of benzene rings is 3. The Bertz CT molecular complexity index is 918. The first kappa shape index (κ1) is 17.2. The van der Waals surface area contributed by atoms with Crippen LogP contribution in [0.15, 0.2) is 72.8 Å². The third kappa shape index (κ3) is 3.65. The molecule has 1 heterocycles. The molecule has 0 bridgehead atoms. The van der Waals surface area contributed by atoms with Crippen molar-refractivity contribution in [2.45, 2.75) is 12.8 Å². The SMILES string of the molecule is Cc1cccc(OCCOC(=O)C2c3ccccc3Oc3ccccc32)c1. The van der Waals surface area contributed by atoms with Gasteiger partial charge in [0, 0.05) is 11.1 Å². The maximum Gasteiger partial charge on any atom is 0.318 e. The number of hydrogen-bond donors (Lipinski definition) is 0.